The predicted molar refractivity (Wildman–Crippen MR) is 113 cm³/mol. The smallest absolute Gasteiger partial charge is 0.218 e. The van der Waals surface area contributed by atoms with Crippen molar-refractivity contribution in [2.75, 3.05) is 31.1 Å². The van der Waals surface area contributed by atoms with Gasteiger partial charge in [-0.1, -0.05) is 37.3 Å². The molecule has 8 nitrogen and oxygen atoms in total. The van der Waals surface area contributed by atoms with Crippen LogP contribution in [0.25, 0.3) is 11.0 Å². The van der Waals surface area contributed by atoms with E-state index in [-0.39, 0.29) is 5.75 Å². The Kier molecular flexibility index (Phi) is 5.26. The molecule has 0 N–H and O–H groups in total. The van der Waals surface area contributed by atoms with E-state index in [4.69, 9.17) is 4.98 Å². The Morgan fingerprint density at radius 3 is 2.38 bits per heavy atom. The second-order valence-electron chi connectivity index (χ2n) is 7.35. The van der Waals surface area contributed by atoms with Crippen LogP contribution in [0.5, 0.6) is 0 Å². The molecule has 1 aromatic carbocycles. The Morgan fingerprint density at radius 1 is 1.03 bits per heavy atom. The van der Waals surface area contributed by atoms with Gasteiger partial charge in [0.15, 0.2) is 5.82 Å². The first-order chi connectivity index (χ1) is 13.9. The van der Waals surface area contributed by atoms with Crippen LogP contribution in [0.4, 0.5) is 5.82 Å². The average molecular weight is 415 g/mol. The Balaban J connectivity index is 1.56. The van der Waals surface area contributed by atoms with Crippen molar-refractivity contribution in [3.63, 3.8) is 0 Å². The zero-order valence-corrected chi connectivity index (χ0v) is 17.9. The molecule has 0 spiro atoms. The molecular formula is C20H26N6O2S. The number of nitrogens with zero attached hydrogens (tertiary/aromatic N) is 6. The molecule has 0 saturated carbocycles. The lowest BCUT2D eigenvalue weighted by molar-refractivity contribution is 0.383. The van der Waals surface area contributed by atoms with E-state index in [0.717, 1.165) is 40.4 Å². The van der Waals surface area contributed by atoms with E-state index in [0.29, 0.717) is 26.2 Å². The van der Waals surface area contributed by atoms with Gasteiger partial charge in [-0.05, 0) is 12.5 Å². The van der Waals surface area contributed by atoms with Crippen molar-refractivity contribution in [1.29, 1.82) is 0 Å². The van der Waals surface area contributed by atoms with Crippen LogP contribution in [0.1, 0.15) is 24.0 Å². The van der Waals surface area contributed by atoms with Gasteiger partial charge in [-0.2, -0.15) is 9.40 Å². The van der Waals surface area contributed by atoms with Gasteiger partial charge in [-0.15, -0.1) is 0 Å². The molecule has 1 aliphatic rings. The highest BCUT2D eigenvalue weighted by Gasteiger charge is 2.29. The van der Waals surface area contributed by atoms with Crippen LogP contribution in [-0.2, 0) is 29.2 Å². The van der Waals surface area contributed by atoms with E-state index < -0.39 is 10.0 Å². The first-order valence-corrected chi connectivity index (χ1v) is 11.5. The second kappa shape index (κ2) is 7.72. The molecule has 0 unspecified atom stereocenters. The molecule has 0 atom stereocenters. The minimum atomic E-state index is -3.35. The molecule has 1 aliphatic heterocycles. The van der Waals surface area contributed by atoms with Crippen LogP contribution in [0, 0.1) is 6.92 Å². The molecule has 0 bridgehead atoms. The molecule has 4 rings (SSSR count). The first kappa shape index (κ1) is 19.8. The van der Waals surface area contributed by atoms with E-state index in [2.05, 4.69) is 15.0 Å². The third-order valence-corrected chi connectivity index (χ3v) is 7.17. The van der Waals surface area contributed by atoms with Gasteiger partial charge in [0.1, 0.15) is 16.9 Å². The summed E-state index contributed by atoms with van der Waals surface area (Å²) in [6, 6.07) is 9.32. The summed E-state index contributed by atoms with van der Waals surface area (Å²) in [5, 5.41) is 4.50. The second-order valence-corrected chi connectivity index (χ2v) is 9.32. The molecule has 1 fully saturated rings. The quantitative estimate of drug-likeness (QED) is 0.634. The summed E-state index contributed by atoms with van der Waals surface area (Å²) in [5.41, 5.74) is 3.46. The number of sulfonamides is 1. The zero-order valence-electron chi connectivity index (χ0n) is 17.0. The third kappa shape index (κ3) is 3.84. The monoisotopic (exact) mass is 414 g/mol. The number of rotatable bonds is 5. The SMILES string of the molecule is CCc1nc(N2CCN(S(=O)(=O)Cc3ccccc3)CC2)c2c(n1)c(C)nn2C. The van der Waals surface area contributed by atoms with Gasteiger partial charge in [-0.25, -0.2) is 18.4 Å². The summed E-state index contributed by atoms with van der Waals surface area (Å²) in [4.78, 5) is 11.6. The highest BCUT2D eigenvalue weighted by molar-refractivity contribution is 7.88. The fourth-order valence-corrected chi connectivity index (χ4v) is 5.31. The Bertz CT molecular complexity index is 1120. The van der Waals surface area contributed by atoms with Crippen molar-refractivity contribution >= 4 is 26.9 Å². The summed E-state index contributed by atoms with van der Waals surface area (Å²) in [6.45, 7) is 6.05. The number of aromatic nitrogens is 4. The van der Waals surface area contributed by atoms with Crippen LogP contribution >= 0.6 is 0 Å². The molecular weight excluding hydrogens is 388 g/mol. The third-order valence-electron chi connectivity index (χ3n) is 5.32. The van der Waals surface area contributed by atoms with E-state index in [1.54, 1.807) is 4.31 Å². The van der Waals surface area contributed by atoms with E-state index in [1.807, 2.05) is 55.9 Å². The maximum Gasteiger partial charge on any atom is 0.218 e. The van der Waals surface area contributed by atoms with Gasteiger partial charge in [0, 0.05) is 39.6 Å². The summed E-state index contributed by atoms with van der Waals surface area (Å²) in [7, 11) is -1.45. The lowest BCUT2D eigenvalue weighted by atomic mass is 10.2. The lowest BCUT2D eigenvalue weighted by Crippen LogP contribution is -2.49. The van der Waals surface area contributed by atoms with Gasteiger partial charge in [0.05, 0.1) is 11.4 Å². The normalized spacial score (nSPS) is 15.9. The van der Waals surface area contributed by atoms with Crippen molar-refractivity contribution in [3.05, 3.63) is 47.4 Å². The van der Waals surface area contributed by atoms with Gasteiger partial charge in [-0.3, -0.25) is 4.68 Å². The number of anilines is 1. The zero-order chi connectivity index (χ0) is 20.6. The van der Waals surface area contributed by atoms with E-state index >= 15 is 0 Å². The Morgan fingerprint density at radius 2 is 1.72 bits per heavy atom. The van der Waals surface area contributed by atoms with Crippen LogP contribution in [-0.4, -0.2) is 58.7 Å². The minimum absolute atomic E-state index is 0.0342. The van der Waals surface area contributed by atoms with Crippen molar-refractivity contribution in [2.24, 2.45) is 7.05 Å². The van der Waals surface area contributed by atoms with Gasteiger partial charge >= 0.3 is 0 Å². The van der Waals surface area contributed by atoms with Crippen molar-refractivity contribution < 1.29 is 8.42 Å². The van der Waals surface area contributed by atoms with Crippen LogP contribution in [0.3, 0.4) is 0 Å². The van der Waals surface area contributed by atoms with E-state index in [9.17, 15) is 8.42 Å². The van der Waals surface area contributed by atoms with Crippen LogP contribution < -0.4 is 4.90 Å². The molecule has 0 radical (unpaired) electrons. The molecule has 154 valence electrons. The van der Waals surface area contributed by atoms with Gasteiger partial charge < -0.3 is 4.90 Å². The molecule has 1 saturated heterocycles. The topological polar surface area (TPSA) is 84.2 Å². The fraction of sp³-hybridized carbons (Fsp3) is 0.450. The molecule has 3 aromatic rings. The van der Waals surface area contributed by atoms with Gasteiger partial charge in [0.2, 0.25) is 10.0 Å². The van der Waals surface area contributed by atoms with Crippen LogP contribution in [0.2, 0.25) is 0 Å². The standard InChI is InChI=1S/C20H26N6O2S/c1-4-17-21-18-15(2)23-24(3)19(18)20(22-17)25-10-12-26(13-11-25)29(27,28)14-16-8-6-5-7-9-16/h5-9H,4,10-14H2,1-3H3. The Hall–Kier alpha value is -2.52. The van der Waals surface area contributed by atoms with Crippen molar-refractivity contribution in [2.45, 2.75) is 26.0 Å². The first-order valence-electron chi connectivity index (χ1n) is 9.86. The maximum atomic E-state index is 12.8. The number of hydrogen-bond acceptors (Lipinski definition) is 6. The summed E-state index contributed by atoms with van der Waals surface area (Å²) >= 11 is 0. The number of aryl methyl sites for hydroxylation is 3. The maximum absolute atomic E-state index is 12.8. The summed E-state index contributed by atoms with van der Waals surface area (Å²) in [5.74, 6) is 1.66. The van der Waals surface area contributed by atoms with Crippen LogP contribution in [0.15, 0.2) is 30.3 Å². The van der Waals surface area contributed by atoms with Crippen molar-refractivity contribution in [1.82, 2.24) is 24.1 Å². The molecule has 0 aliphatic carbocycles. The van der Waals surface area contributed by atoms with E-state index in [1.165, 1.54) is 0 Å². The molecule has 3 heterocycles. The van der Waals surface area contributed by atoms with Crippen molar-refractivity contribution in [3.8, 4) is 0 Å². The predicted octanol–water partition coefficient (Wildman–Crippen LogP) is 1.89. The number of hydrogen-bond donors (Lipinski definition) is 0. The molecule has 0 amide bonds. The Labute approximate surface area is 171 Å². The number of benzene rings is 1. The summed E-state index contributed by atoms with van der Waals surface area (Å²) in [6.07, 6.45) is 0.739. The lowest BCUT2D eigenvalue weighted by Gasteiger charge is -2.35. The van der Waals surface area contributed by atoms with Gasteiger partial charge in [0.25, 0.3) is 0 Å². The number of fused-ring (bicyclic) bond motifs is 1. The summed E-state index contributed by atoms with van der Waals surface area (Å²) < 4.78 is 29.1. The highest BCUT2D eigenvalue weighted by Crippen LogP contribution is 2.27. The molecule has 29 heavy (non-hydrogen) atoms. The fourth-order valence-electron chi connectivity index (χ4n) is 3.79. The number of piperazine rings is 1. The minimum Gasteiger partial charge on any atom is -0.352 e. The molecule has 2 aromatic heterocycles. The highest BCUT2D eigenvalue weighted by atomic mass is 32.2. The molecule has 9 heteroatoms. The average Bonchev–Trinajstić information content (AvgIpc) is 3.01. The largest absolute Gasteiger partial charge is 0.352 e.